The summed E-state index contributed by atoms with van der Waals surface area (Å²) < 4.78 is 0. The normalized spacial score (nSPS) is 55.2. The quantitative estimate of drug-likeness (QED) is 0.781. The summed E-state index contributed by atoms with van der Waals surface area (Å²) >= 11 is 0. The second-order valence-corrected chi connectivity index (χ2v) is 9.19. The number of aliphatic hydroxyl groups is 2. The lowest BCUT2D eigenvalue weighted by molar-refractivity contribution is -0.159. The van der Waals surface area contributed by atoms with Gasteiger partial charge >= 0.3 is 0 Å². The van der Waals surface area contributed by atoms with E-state index in [0.29, 0.717) is 31.1 Å². The van der Waals surface area contributed by atoms with Crippen molar-refractivity contribution in [2.75, 3.05) is 0 Å². The molecule has 3 fully saturated rings. The van der Waals surface area contributed by atoms with Crippen molar-refractivity contribution in [3.05, 3.63) is 0 Å². The zero-order valence-electron chi connectivity index (χ0n) is 14.8. The first-order chi connectivity index (χ1) is 10.0. The third-order valence-corrected chi connectivity index (χ3v) is 8.07. The molecule has 6 atom stereocenters. The molecule has 0 aliphatic heterocycles. The largest absolute Gasteiger partial charge is 0.389 e. The molecule has 3 rings (SSSR count). The highest BCUT2D eigenvalue weighted by Gasteiger charge is 2.75. The summed E-state index contributed by atoms with van der Waals surface area (Å²) in [5.74, 6) is 0.741. The predicted molar refractivity (Wildman–Crippen MR) is 86.3 cm³/mol. The molecule has 0 amide bonds. The topological polar surface area (TPSA) is 57.5 Å². The molecule has 3 saturated carbocycles. The molecule has 3 nitrogen and oxygen atoms in total. The molecular formula is C19H32O3. The van der Waals surface area contributed by atoms with Crippen molar-refractivity contribution in [3.63, 3.8) is 0 Å². The Morgan fingerprint density at radius 2 is 1.64 bits per heavy atom. The van der Waals surface area contributed by atoms with Gasteiger partial charge < -0.3 is 10.2 Å². The molecule has 126 valence electrons. The zero-order chi connectivity index (χ0) is 16.6. The monoisotopic (exact) mass is 308 g/mol. The summed E-state index contributed by atoms with van der Waals surface area (Å²) in [6.07, 6.45) is 4.53. The Kier molecular flexibility index (Phi) is 3.42. The minimum absolute atomic E-state index is 0.123. The van der Waals surface area contributed by atoms with Crippen LogP contribution in [0.3, 0.4) is 0 Å². The Hall–Kier alpha value is -0.410. The number of ketones is 1. The molecule has 0 aromatic heterocycles. The van der Waals surface area contributed by atoms with Gasteiger partial charge in [-0.3, -0.25) is 4.79 Å². The van der Waals surface area contributed by atoms with Gasteiger partial charge in [-0.15, -0.1) is 0 Å². The van der Waals surface area contributed by atoms with Gasteiger partial charge in [0.1, 0.15) is 5.78 Å². The second-order valence-electron chi connectivity index (χ2n) is 9.19. The van der Waals surface area contributed by atoms with Crippen molar-refractivity contribution in [1.82, 2.24) is 0 Å². The minimum atomic E-state index is -0.997. The van der Waals surface area contributed by atoms with Gasteiger partial charge in [0.25, 0.3) is 0 Å². The molecule has 0 aromatic carbocycles. The van der Waals surface area contributed by atoms with Crippen LogP contribution in [0.2, 0.25) is 0 Å². The van der Waals surface area contributed by atoms with Gasteiger partial charge in [0, 0.05) is 5.92 Å². The summed E-state index contributed by atoms with van der Waals surface area (Å²) in [6.45, 7) is 10.4. The van der Waals surface area contributed by atoms with E-state index in [1.54, 1.807) is 6.92 Å². The van der Waals surface area contributed by atoms with Crippen molar-refractivity contribution in [2.24, 2.45) is 28.6 Å². The van der Waals surface area contributed by atoms with Crippen molar-refractivity contribution in [3.8, 4) is 0 Å². The smallest absolute Gasteiger partial charge is 0.148 e. The van der Waals surface area contributed by atoms with E-state index in [-0.39, 0.29) is 11.2 Å². The molecule has 0 saturated heterocycles. The second kappa shape index (κ2) is 4.57. The van der Waals surface area contributed by atoms with E-state index in [4.69, 9.17) is 0 Å². The van der Waals surface area contributed by atoms with Crippen molar-refractivity contribution < 1.29 is 15.0 Å². The van der Waals surface area contributed by atoms with E-state index in [0.717, 1.165) is 19.3 Å². The van der Waals surface area contributed by atoms with Crippen LogP contribution in [0.15, 0.2) is 0 Å². The fourth-order valence-electron chi connectivity index (χ4n) is 6.51. The third-order valence-electron chi connectivity index (χ3n) is 8.07. The summed E-state index contributed by atoms with van der Waals surface area (Å²) in [5.41, 5.74) is -2.68. The number of hydrogen-bond acceptors (Lipinski definition) is 3. The Labute approximate surface area is 134 Å². The van der Waals surface area contributed by atoms with Crippen molar-refractivity contribution in [1.29, 1.82) is 0 Å². The number of carbonyl (C=O) groups excluding carboxylic acids is 1. The van der Waals surface area contributed by atoms with Crippen LogP contribution in [0.4, 0.5) is 0 Å². The van der Waals surface area contributed by atoms with Crippen LogP contribution in [0.25, 0.3) is 0 Å². The van der Waals surface area contributed by atoms with Gasteiger partial charge in [0.2, 0.25) is 0 Å². The van der Waals surface area contributed by atoms with Crippen molar-refractivity contribution in [2.45, 2.75) is 84.3 Å². The maximum Gasteiger partial charge on any atom is 0.148 e. The lowest BCUT2D eigenvalue weighted by Crippen LogP contribution is -2.56. The Morgan fingerprint density at radius 3 is 2.23 bits per heavy atom. The Morgan fingerprint density at radius 1 is 1.05 bits per heavy atom. The highest BCUT2D eigenvalue weighted by atomic mass is 16.3. The molecule has 1 spiro atoms. The van der Waals surface area contributed by atoms with E-state index in [9.17, 15) is 15.0 Å². The van der Waals surface area contributed by atoms with Gasteiger partial charge in [0.15, 0.2) is 0 Å². The zero-order valence-corrected chi connectivity index (χ0v) is 14.8. The first-order valence-electron chi connectivity index (χ1n) is 9.01. The number of carbonyl (C=O) groups is 1. The van der Waals surface area contributed by atoms with Gasteiger partial charge in [0.05, 0.1) is 16.6 Å². The number of rotatable bonds is 1. The van der Waals surface area contributed by atoms with Crippen LogP contribution in [-0.4, -0.2) is 27.2 Å². The van der Waals surface area contributed by atoms with E-state index in [1.807, 2.05) is 6.92 Å². The molecule has 0 unspecified atom stereocenters. The van der Waals surface area contributed by atoms with Crippen LogP contribution in [0.5, 0.6) is 0 Å². The first kappa shape index (κ1) is 16.4. The maximum atomic E-state index is 13.5. The minimum Gasteiger partial charge on any atom is -0.389 e. The van der Waals surface area contributed by atoms with Crippen LogP contribution < -0.4 is 0 Å². The summed E-state index contributed by atoms with van der Waals surface area (Å²) in [7, 11) is 0. The number of Topliss-reactive ketones (excluding diaryl/α,β-unsaturated/α-hetero) is 1. The van der Waals surface area contributed by atoms with Gasteiger partial charge in [-0.05, 0) is 62.7 Å². The third kappa shape index (κ3) is 1.67. The molecule has 22 heavy (non-hydrogen) atoms. The fraction of sp³-hybridized carbons (Fsp3) is 0.947. The molecular weight excluding hydrogens is 276 g/mol. The molecule has 0 bridgehead atoms. The SMILES string of the molecule is CC(C)[C@H]1CC[C@]23C(=O)[C@@H](C)[C@@](C)(O)CC[C@@]2(O)CC[C@]13C. The lowest BCUT2D eigenvalue weighted by Gasteiger charge is -2.48. The number of hydrogen-bond donors (Lipinski definition) is 2. The molecule has 0 heterocycles. The highest BCUT2D eigenvalue weighted by Crippen LogP contribution is 2.73. The summed E-state index contributed by atoms with van der Waals surface area (Å²) in [4.78, 5) is 13.5. The van der Waals surface area contributed by atoms with E-state index < -0.39 is 22.5 Å². The molecule has 3 aliphatic carbocycles. The van der Waals surface area contributed by atoms with Crippen LogP contribution in [0, 0.1) is 28.6 Å². The molecule has 0 radical (unpaired) electrons. The highest BCUT2D eigenvalue weighted by molar-refractivity contribution is 5.91. The van der Waals surface area contributed by atoms with E-state index >= 15 is 0 Å². The fourth-order valence-corrected chi connectivity index (χ4v) is 6.51. The average molecular weight is 308 g/mol. The van der Waals surface area contributed by atoms with Gasteiger partial charge in [-0.25, -0.2) is 0 Å². The maximum absolute atomic E-state index is 13.5. The Bertz CT molecular complexity index is 497. The molecule has 0 aromatic rings. The Balaban J connectivity index is 2.16. The molecule has 2 N–H and O–H groups in total. The van der Waals surface area contributed by atoms with Crippen LogP contribution in [0.1, 0.15) is 73.1 Å². The molecule has 3 aliphatic rings. The van der Waals surface area contributed by atoms with Gasteiger partial charge in [-0.2, -0.15) is 0 Å². The first-order valence-corrected chi connectivity index (χ1v) is 9.01. The van der Waals surface area contributed by atoms with E-state index in [2.05, 4.69) is 20.8 Å². The predicted octanol–water partition coefficient (Wildman–Crippen LogP) is 3.32. The van der Waals surface area contributed by atoms with E-state index in [1.165, 1.54) is 0 Å². The summed E-state index contributed by atoms with van der Waals surface area (Å²) in [6, 6.07) is 0. The molecule has 3 heteroatoms. The lowest BCUT2D eigenvalue weighted by atomic mass is 9.56. The average Bonchev–Trinajstić information content (AvgIpc) is 2.84. The van der Waals surface area contributed by atoms with Crippen LogP contribution >= 0.6 is 0 Å². The van der Waals surface area contributed by atoms with Gasteiger partial charge in [-0.1, -0.05) is 27.7 Å². The van der Waals surface area contributed by atoms with Crippen LogP contribution in [-0.2, 0) is 4.79 Å². The summed E-state index contributed by atoms with van der Waals surface area (Å²) in [5, 5.41) is 22.2. The standard InChI is InChI=1S/C19H32O3/c1-12(2)14-6-7-19-15(20)13(3)17(5,21)9-11-18(19,22)10-8-16(14,19)4/h12-14,21-22H,6-11H2,1-5H3/t13-,14-,16-,17+,18+,19-/m1/s1. The van der Waals surface area contributed by atoms with Crippen molar-refractivity contribution >= 4 is 5.78 Å².